The second kappa shape index (κ2) is 10.4. The Morgan fingerprint density at radius 1 is 1.05 bits per heavy atom. The van der Waals surface area contributed by atoms with Crippen LogP contribution in [0, 0.1) is 0 Å². The molecule has 0 saturated heterocycles. The van der Waals surface area contributed by atoms with E-state index < -0.39 is 0 Å². The van der Waals surface area contributed by atoms with Gasteiger partial charge < -0.3 is 0 Å². The van der Waals surface area contributed by atoms with Crippen molar-refractivity contribution in [3.63, 3.8) is 0 Å². The van der Waals surface area contributed by atoms with E-state index in [0.717, 1.165) is 12.0 Å². The average molecular weight is 290 g/mol. The highest BCUT2D eigenvalue weighted by Gasteiger charge is 1.88. The first-order chi connectivity index (χ1) is 10.7. The highest BCUT2D eigenvalue weighted by atomic mass is 13.9. The third-order valence-corrected chi connectivity index (χ3v) is 3.12. The molecule has 0 amide bonds. The maximum atomic E-state index is 4.08. The van der Waals surface area contributed by atoms with Crippen LogP contribution in [-0.4, -0.2) is 0 Å². The Kier molecular flexibility index (Phi) is 8.37. The van der Waals surface area contributed by atoms with Crippen LogP contribution >= 0.6 is 0 Å². The molecule has 0 saturated carbocycles. The van der Waals surface area contributed by atoms with Crippen LogP contribution in [0.2, 0.25) is 0 Å². The molecule has 0 spiro atoms. The van der Waals surface area contributed by atoms with E-state index >= 15 is 0 Å². The molecular formula is C22H26. The molecule has 22 heavy (non-hydrogen) atoms. The molecule has 0 nitrogen and oxygen atoms in total. The molecule has 0 aliphatic rings. The van der Waals surface area contributed by atoms with Crippen molar-refractivity contribution in [2.45, 2.75) is 27.2 Å². The fourth-order valence-electron chi connectivity index (χ4n) is 1.89. The van der Waals surface area contributed by atoms with Crippen molar-refractivity contribution in [3.8, 4) is 0 Å². The molecule has 114 valence electrons. The lowest BCUT2D eigenvalue weighted by atomic mass is 10.1. The van der Waals surface area contributed by atoms with E-state index in [2.05, 4.69) is 82.0 Å². The molecule has 0 aliphatic carbocycles. The summed E-state index contributed by atoms with van der Waals surface area (Å²) in [5.74, 6) is 0. The lowest BCUT2D eigenvalue weighted by Gasteiger charge is -1.96. The molecule has 0 aliphatic heterocycles. The van der Waals surface area contributed by atoms with E-state index in [9.17, 15) is 0 Å². The van der Waals surface area contributed by atoms with Gasteiger partial charge in [0.15, 0.2) is 0 Å². The second-order valence-corrected chi connectivity index (χ2v) is 5.14. The van der Waals surface area contributed by atoms with Gasteiger partial charge in [0.1, 0.15) is 0 Å². The minimum absolute atomic E-state index is 0.997. The topological polar surface area (TPSA) is 0 Å². The van der Waals surface area contributed by atoms with E-state index in [1.54, 1.807) is 0 Å². The zero-order chi connectivity index (χ0) is 16.2. The van der Waals surface area contributed by atoms with Crippen molar-refractivity contribution >= 4 is 6.08 Å². The normalized spacial score (nSPS) is 13.6. The van der Waals surface area contributed by atoms with Gasteiger partial charge in [-0.05, 0) is 37.0 Å². The standard InChI is InChI=1S/C22H26/c1-5-7-11-21(6-2)16-14-19(3)18-20(4)15-17-22-12-9-8-10-13-22/h6-18H,4-5H2,1-3H3/b11-7-,16-14+,17-15+,19-18+,21-6+. The van der Waals surface area contributed by atoms with E-state index in [1.165, 1.54) is 16.7 Å². The van der Waals surface area contributed by atoms with Gasteiger partial charge in [0.25, 0.3) is 0 Å². The smallest absolute Gasteiger partial charge is 0.0256 e. The summed E-state index contributed by atoms with van der Waals surface area (Å²) in [6, 6.07) is 10.3. The van der Waals surface area contributed by atoms with Gasteiger partial charge in [0.05, 0.1) is 0 Å². The minimum Gasteiger partial charge on any atom is -0.0918 e. The van der Waals surface area contributed by atoms with Gasteiger partial charge in [-0.3, -0.25) is 0 Å². The Balaban J connectivity index is 2.66. The zero-order valence-corrected chi connectivity index (χ0v) is 13.9. The van der Waals surface area contributed by atoms with Crippen LogP contribution in [0.3, 0.4) is 0 Å². The molecule has 1 rings (SSSR count). The summed E-state index contributed by atoms with van der Waals surface area (Å²) in [5, 5.41) is 0. The van der Waals surface area contributed by atoms with Crippen molar-refractivity contribution in [1.29, 1.82) is 0 Å². The molecule has 0 heterocycles. The van der Waals surface area contributed by atoms with Crippen LogP contribution < -0.4 is 0 Å². The molecule has 0 aromatic heterocycles. The van der Waals surface area contributed by atoms with Gasteiger partial charge in [-0.15, -0.1) is 0 Å². The Hall–Kier alpha value is -2.34. The molecule has 1 aromatic carbocycles. The van der Waals surface area contributed by atoms with E-state index in [4.69, 9.17) is 0 Å². The summed E-state index contributed by atoms with van der Waals surface area (Å²) in [4.78, 5) is 0. The third-order valence-electron chi connectivity index (χ3n) is 3.12. The molecule has 0 radical (unpaired) electrons. The lowest BCUT2D eigenvalue weighted by molar-refractivity contribution is 1.22. The fourth-order valence-corrected chi connectivity index (χ4v) is 1.89. The Morgan fingerprint density at radius 3 is 2.41 bits per heavy atom. The van der Waals surface area contributed by atoms with Crippen LogP contribution in [0.5, 0.6) is 0 Å². The average Bonchev–Trinajstić information content (AvgIpc) is 2.54. The van der Waals surface area contributed by atoms with Crippen LogP contribution in [0.4, 0.5) is 0 Å². The van der Waals surface area contributed by atoms with E-state index in [-0.39, 0.29) is 0 Å². The molecule has 0 atom stereocenters. The third kappa shape index (κ3) is 7.44. The first kappa shape index (κ1) is 17.7. The highest BCUT2D eigenvalue weighted by molar-refractivity contribution is 5.54. The Morgan fingerprint density at radius 2 is 1.77 bits per heavy atom. The van der Waals surface area contributed by atoms with Gasteiger partial charge >= 0.3 is 0 Å². The highest BCUT2D eigenvalue weighted by Crippen LogP contribution is 2.09. The number of hydrogen-bond donors (Lipinski definition) is 0. The number of benzene rings is 1. The molecule has 0 heteroatoms. The zero-order valence-electron chi connectivity index (χ0n) is 13.9. The van der Waals surface area contributed by atoms with Crippen LogP contribution in [0.1, 0.15) is 32.8 Å². The summed E-state index contributed by atoms with van der Waals surface area (Å²) >= 11 is 0. The van der Waals surface area contributed by atoms with Crippen molar-refractivity contribution < 1.29 is 0 Å². The molecule has 0 bridgehead atoms. The van der Waals surface area contributed by atoms with Crippen molar-refractivity contribution in [3.05, 3.63) is 102 Å². The summed E-state index contributed by atoms with van der Waals surface area (Å²) in [5.41, 5.74) is 4.59. The monoisotopic (exact) mass is 290 g/mol. The Labute approximate surface area is 135 Å². The number of allylic oxidation sites excluding steroid dienone is 10. The quantitative estimate of drug-likeness (QED) is 0.492. The van der Waals surface area contributed by atoms with Crippen LogP contribution in [-0.2, 0) is 0 Å². The van der Waals surface area contributed by atoms with E-state index in [1.807, 2.05) is 24.3 Å². The molecule has 1 aromatic rings. The summed E-state index contributed by atoms with van der Waals surface area (Å²) in [7, 11) is 0. The van der Waals surface area contributed by atoms with Gasteiger partial charge in [-0.2, -0.15) is 0 Å². The molecule has 0 fully saturated rings. The predicted molar refractivity (Wildman–Crippen MR) is 101 cm³/mol. The Bertz CT molecular complexity index is 605. The maximum absolute atomic E-state index is 4.08. The number of hydrogen-bond acceptors (Lipinski definition) is 0. The van der Waals surface area contributed by atoms with Crippen LogP contribution in [0.25, 0.3) is 6.08 Å². The van der Waals surface area contributed by atoms with Crippen molar-refractivity contribution in [2.24, 2.45) is 0 Å². The lowest BCUT2D eigenvalue weighted by Crippen LogP contribution is -1.76. The maximum Gasteiger partial charge on any atom is -0.0256 e. The SMILES string of the molecule is C=C(/C=C/c1ccccc1)/C=C(C)/C=C/C(/C=C\CC)=C/C. The largest absolute Gasteiger partial charge is 0.0918 e. The second-order valence-electron chi connectivity index (χ2n) is 5.14. The molecular weight excluding hydrogens is 264 g/mol. The first-order valence-corrected chi connectivity index (χ1v) is 7.77. The summed E-state index contributed by atoms with van der Waals surface area (Å²) in [6.07, 6.45) is 17.9. The number of rotatable bonds is 7. The van der Waals surface area contributed by atoms with E-state index in [0.29, 0.717) is 0 Å². The van der Waals surface area contributed by atoms with Crippen LogP contribution in [0.15, 0.2) is 96.2 Å². The van der Waals surface area contributed by atoms with Crippen molar-refractivity contribution in [1.82, 2.24) is 0 Å². The first-order valence-electron chi connectivity index (χ1n) is 7.77. The van der Waals surface area contributed by atoms with Gasteiger partial charge in [0, 0.05) is 0 Å². The predicted octanol–water partition coefficient (Wildman–Crippen LogP) is 6.67. The minimum atomic E-state index is 0.997. The summed E-state index contributed by atoms with van der Waals surface area (Å²) in [6.45, 7) is 10.4. The molecule has 0 unspecified atom stereocenters. The molecule has 0 N–H and O–H groups in total. The van der Waals surface area contributed by atoms with Gasteiger partial charge in [-0.25, -0.2) is 0 Å². The fraction of sp³-hybridized carbons (Fsp3) is 0.182. The van der Waals surface area contributed by atoms with Gasteiger partial charge in [-0.1, -0.05) is 98.0 Å². The van der Waals surface area contributed by atoms with Crippen molar-refractivity contribution in [2.75, 3.05) is 0 Å². The summed E-state index contributed by atoms with van der Waals surface area (Å²) < 4.78 is 0. The van der Waals surface area contributed by atoms with Gasteiger partial charge in [0.2, 0.25) is 0 Å².